The minimum Gasteiger partial charge on any atom is -0.313 e. The normalized spacial score (nSPS) is 10.9. The summed E-state index contributed by atoms with van der Waals surface area (Å²) in [7, 11) is 2.13. The molecule has 0 saturated heterocycles. The maximum atomic E-state index is 3.94. The van der Waals surface area contributed by atoms with Gasteiger partial charge in [0.2, 0.25) is 0 Å². The summed E-state index contributed by atoms with van der Waals surface area (Å²) in [5.41, 5.74) is 3.92. The molecule has 1 rings (SSSR count). The molecule has 0 atom stereocenters. The van der Waals surface area contributed by atoms with E-state index in [2.05, 4.69) is 62.0 Å². The Hall–Kier alpha value is -1.12. The fourth-order valence-electron chi connectivity index (χ4n) is 2.00. The van der Waals surface area contributed by atoms with Crippen LogP contribution in [0.5, 0.6) is 0 Å². The largest absolute Gasteiger partial charge is 0.313 e. The van der Waals surface area contributed by atoms with E-state index in [0.29, 0.717) is 0 Å². The smallest absolute Gasteiger partial charge is 0.0234 e. The molecule has 0 aromatic heterocycles. The number of hydrogen-bond donors (Lipinski definition) is 1. The number of benzene rings is 1. The van der Waals surface area contributed by atoms with Crippen LogP contribution in [0.25, 0.3) is 0 Å². The monoisotopic (exact) mass is 246 g/mol. The lowest BCUT2D eigenvalue weighted by molar-refractivity contribution is 0.355. The molecule has 0 bridgehead atoms. The van der Waals surface area contributed by atoms with Gasteiger partial charge in [-0.15, -0.1) is 0 Å². The summed E-state index contributed by atoms with van der Waals surface area (Å²) >= 11 is 0. The molecule has 0 heterocycles. The van der Waals surface area contributed by atoms with Crippen molar-refractivity contribution < 1.29 is 0 Å². The van der Waals surface area contributed by atoms with Crippen LogP contribution in [-0.2, 0) is 13.1 Å². The van der Waals surface area contributed by atoms with Gasteiger partial charge in [-0.3, -0.25) is 4.90 Å². The van der Waals surface area contributed by atoms with Gasteiger partial charge in [-0.1, -0.05) is 43.3 Å². The quantitative estimate of drug-likeness (QED) is 0.560. The number of likely N-dealkylation sites (N-methyl/N-ethyl adjacent to an activating group) is 1. The second kappa shape index (κ2) is 8.06. The highest BCUT2D eigenvalue weighted by Crippen LogP contribution is 2.07. The van der Waals surface area contributed by atoms with E-state index >= 15 is 0 Å². The van der Waals surface area contributed by atoms with Gasteiger partial charge in [0, 0.05) is 19.6 Å². The van der Waals surface area contributed by atoms with Gasteiger partial charge in [-0.05, 0) is 38.1 Å². The zero-order chi connectivity index (χ0) is 13.4. The molecule has 0 unspecified atom stereocenters. The fourth-order valence-corrected chi connectivity index (χ4v) is 2.00. The number of nitrogens with zero attached hydrogens (tertiary/aromatic N) is 1. The first-order valence-electron chi connectivity index (χ1n) is 6.73. The first-order chi connectivity index (χ1) is 8.61. The molecule has 100 valence electrons. The maximum Gasteiger partial charge on any atom is 0.0234 e. The van der Waals surface area contributed by atoms with Gasteiger partial charge in [-0.2, -0.15) is 0 Å². The molecule has 0 aliphatic carbocycles. The summed E-state index contributed by atoms with van der Waals surface area (Å²) in [6.07, 6.45) is 1.18. The molecule has 0 aliphatic heterocycles. The molecule has 18 heavy (non-hydrogen) atoms. The summed E-state index contributed by atoms with van der Waals surface area (Å²) in [5.74, 6) is 0. The minimum atomic E-state index is 0.958. The van der Waals surface area contributed by atoms with Gasteiger partial charge in [0.15, 0.2) is 0 Å². The van der Waals surface area contributed by atoms with Gasteiger partial charge >= 0.3 is 0 Å². The standard InChI is InChI=1S/C16H26N2/c1-5-10-17-11-15-6-8-16(9-7-15)13-18(4)12-14(2)3/h6-9,17H,2,5,10-13H2,1,3-4H3. The molecule has 0 saturated carbocycles. The minimum absolute atomic E-state index is 0.958. The molecular weight excluding hydrogens is 220 g/mol. The van der Waals surface area contributed by atoms with Crippen molar-refractivity contribution in [1.29, 1.82) is 0 Å². The zero-order valence-corrected chi connectivity index (χ0v) is 12.0. The molecule has 2 heteroatoms. The highest BCUT2D eigenvalue weighted by atomic mass is 15.1. The van der Waals surface area contributed by atoms with Gasteiger partial charge < -0.3 is 5.32 Å². The van der Waals surface area contributed by atoms with Crippen molar-refractivity contribution >= 4 is 0 Å². The molecule has 1 aromatic rings. The highest BCUT2D eigenvalue weighted by Gasteiger charge is 2.00. The summed E-state index contributed by atoms with van der Waals surface area (Å²) in [4.78, 5) is 2.28. The van der Waals surface area contributed by atoms with Crippen molar-refractivity contribution in [1.82, 2.24) is 10.2 Å². The Balaban J connectivity index is 2.42. The molecule has 2 nitrogen and oxygen atoms in total. The third-order valence-electron chi connectivity index (χ3n) is 2.77. The van der Waals surface area contributed by atoms with E-state index < -0.39 is 0 Å². The van der Waals surface area contributed by atoms with Crippen LogP contribution in [0, 0.1) is 0 Å². The van der Waals surface area contributed by atoms with Crippen LogP contribution in [0.15, 0.2) is 36.4 Å². The van der Waals surface area contributed by atoms with E-state index in [-0.39, 0.29) is 0 Å². The maximum absolute atomic E-state index is 3.94. The first kappa shape index (κ1) is 14.9. The molecule has 0 fully saturated rings. The van der Waals surface area contributed by atoms with Crippen molar-refractivity contribution in [3.8, 4) is 0 Å². The van der Waals surface area contributed by atoms with Crippen LogP contribution in [0.4, 0.5) is 0 Å². The Morgan fingerprint density at radius 3 is 2.39 bits per heavy atom. The van der Waals surface area contributed by atoms with Crippen molar-refractivity contribution in [3.63, 3.8) is 0 Å². The molecular formula is C16H26N2. The van der Waals surface area contributed by atoms with Crippen molar-refractivity contribution in [2.75, 3.05) is 20.1 Å². The van der Waals surface area contributed by atoms with Gasteiger partial charge in [0.1, 0.15) is 0 Å². The van der Waals surface area contributed by atoms with Crippen LogP contribution in [0.2, 0.25) is 0 Å². The van der Waals surface area contributed by atoms with Crippen LogP contribution in [0.3, 0.4) is 0 Å². The van der Waals surface area contributed by atoms with Gasteiger partial charge in [-0.25, -0.2) is 0 Å². The van der Waals surface area contributed by atoms with Crippen molar-refractivity contribution in [2.45, 2.75) is 33.4 Å². The van der Waals surface area contributed by atoms with E-state index in [4.69, 9.17) is 0 Å². The Labute approximate surface area is 112 Å². The summed E-state index contributed by atoms with van der Waals surface area (Å²) in [6.45, 7) is 12.2. The van der Waals surface area contributed by atoms with E-state index in [1.54, 1.807) is 0 Å². The second-order valence-electron chi connectivity index (χ2n) is 5.12. The fraction of sp³-hybridized carbons (Fsp3) is 0.500. The predicted molar refractivity (Wildman–Crippen MR) is 79.6 cm³/mol. The molecule has 0 aliphatic rings. The highest BCUT2D eigenvalue weighted by molar-refractivity contribution is 5.22. The SMILES string of the molecule is C=C(C)CN(C)Cc1ccc(CNCCC)cc1. The molecule has 1 aromatic carbocycles. The average molecular weight is 246 g/mol. The van der Waals surface area contributed by atoms with Crippen molar-refractivity contribution in [2.24, 2.45) is 0 Å². The lowest BCUT2D eigenvalue weighted by Crippen LogP contribution is -2.19. The number of nitrogens with one attached hydrogen (secondary N) is 1. The average Bonchev–Trinajstić information content (AvgIpc) is 2.30. The third-order valence-corrected chi connectivity index (χ3v) is 2.77. The molecule has 0 spiro atoms. The summed E-state index contributed by atoms with van der Waals surface area (Å²) < 4.78 is 0. The molecule has 0 radical (unpaired) electrons. The molecule has 1 N–H and O–H groups in total. The zero-order valence-electron chi connectivity index (χ0n) is 12.0. The molecule has 0 amide bonds. The van der Waals surface area contributed by atoms with E-state index in [1.807, 2.05) is 0 Å². The lowest BCUT2D eigenvalue weighted by atomic mass is 10.1. The van der Waals surface area contributed by atoms with E-state index in [0.717, 1.165) is 26.2 Å². The van der Waals surface area contributed by atoms with Crippen LogP contribution in [0.1, 0.15) is 31.4 Å². The van der Waals surface area contributed by atoms with E-state index in [9.17, 15) is 0 Å². The van der Waals surface area contributed by atoms with Crippen LogP contribution >= 0.6 is 0 Å². The Bertz CT molecular complexity index is 354. The second-order valence-corrected chi connectivity index (χ2v) is 5.12. The Morgan fingerprint density at radius 2 is 1.83 bits per heavy atom. The topological polar surface area (TPSA) is 15.3 Å². The van der Waals surface area contributed by atoms with Crippen LogP contribution < -0.4 is 5.32 Å². The Kier molecular flexibility index (Phi) is 6.69. The third kappa shape index (κ3) is 5.99. The van der Waals surface area contributed by atoms with Gasteiger partial charge in [0.25, 0.3) is 0 Å². The summed E-state index contributed by atoms with van der Waals surface area (Å²) in [6, 6.07) is 8.87. The van der Waals surface area contributed by atoms with Crippen molar-refractivity contribution in [3.05, 3.63) is 47.5 Å². The van der Waals surface area contributed by atoms with Gasteiger partial charge in [0.05, 0.1) is 0 Å². The number of rotatable bonds is 8. The predicted octanol–water partition coefficient (Wildman–Crippen LogP) is 3.19. The first-order valence-corrected chi connectivity index (χ1v) is 6.73. The Morgan fingerprint density at radius 1 is 1.22 bits per heavy atom. The van der Waals surface area contributed by atoms with E-state index in [1.165, 1.54) is 23.1 Å². The number of hydrogen-bond acceptors (Lipinski definition) is 2. The van der Waals surface area contributed by atoms with Crippen LogP contribution in [-0.4, -0.2) is 25.0 Å². The summed E-state index contributed by atoms with van der Waals surface area (Å²) in [5, 5.41) is 3.42. The lowest BCUT2D eigenvalue weighted by Gasteiger charge is -2.16.